The lowest BCUT2D eigenvalue weighted by Gasteiger charge is -2.30. The molecule has 0 amide bonds. The Balaban J connectivity index is 1.45. The summed E-state index contributed by atoms with van der Waals surface area (Å²) in [5, 5.41) is 0.604. The van der Waals surface area contributed by atoms with E-state index in [-0.39, 0.29) is 5.56 Å². The molecule has 0 saturated heterocycles. The van der Waals surface area contributed by atoms with Crippen molar-refractivity contribution in [1.82, 2.24) is 9.55 Å². The quantitative estimate of drug-likeness (QED) is 0.222. The molecule has 0 atom stereocenters. The fourth-order valence-electron chi connectivity index (χ4n) is 7.45. The Kier molecular flexibility index (Phi) is 4.68. The monoisotopic (exact) mass is 536 g/mol. The van der Waals surface area contributed by atoms with Gasteiger partial charge in [0.2, 0.25) is 0 Å². The Labute approximate surface area is 243 Å². The zero-order chi connectivity index (χ0) is 27.8. The molecule has 3 heteroatoms. The first-order valence-corrected chi connectivity index (χ1v) is 14.3. The van der Waals surface area contributed by atoms with Crippen LogP contribution in [0.15, 0.2) is 150 Å². The number of fused-ring (bicyclic) bond motifs is 11. The Morgan fingerprint density at radius 2 is 1.05 bits per heavy atom. The SMILES string of the molecule is O=c1c2ccccc2nc(-c2ccccc2)n1-c1cccc2c1-c1ccccc1C21c2ccccc2-c2ccccc21. The van der Waals surface area contributed by atoms with Gasteiger partial charge >= 0.3 is 0 Å². The highest BCUT2D eigenvalue weighted by Crippen LogP contribution is 2.63. The highest BCUT2D eigenvalue weighted by Gasteiger charge is 2.52. The van der Waals surface area contributed by atoms with Crippen LogP contribution in [0.2, 0.25) is 0 Å². The molecule has 0 saturated carbocycles. The van der Waals surface area contributed by atoms with E-state index < -0.39 is 5.41 Å². The molecule has 196 valence electrons. The number of nitrogens with zero attached hydrogens (tertiary/aromatic N) is 2. The number of hydrogen-bond acceptors (Lipinski definition) is 2. The molecule has 1 heterocycles. The van der Waals surface area contributed by atoms with Crippen LogP contribution in [0.5, 0.6) is 0 Å². The van der Waals surface area contributed by atoms with Gasteiger partial charge in [0.05, 0.1) is 22.0 Å². The molecule has 1 spiro atoms. The van der Waals surface area contributed by atoms with Gasteiger partial charge in [0, 0.05) is 11.1 Å². The molecule has 2 aliphatic carbocycles. The molecule has 42 heavy (non-hydrogen) atoms. The molecular formula is C39H24N2O. The molecule has 1 aromatic heterocycles. The van der Waals surface area contributed by atoms with Crippen molar-refractivity contribution in [2.45, 2.75) is 5.41 Å². The first kappa shape index (κ1) is 23.2. The summed E-state index contributed by atoms with van der Waals surface area (Å²) in [6.07, 6.45) is 0. The van der Waals surface area contributed by atoms with Crippen LogP contribution in [0.3, 0.4) is 0 Å². The van der Waals surface area contributed by atoms with E-state index in [2.05, 4.69) is 91.0 Å². The summed E-state index contributed by atoms with van der Waals surface area (Å²) >= 11 is 0. The number of para-hydroxylation sites is 1. The van der Waals surface area contributed by atoms with E-state index in [1.807, 2.05) is 59.2 Å². The molecular weight excluding hydrogens is 512 g/mol. The third-order valence-corrected chi connectivity index (χ3v) is 9.05. The molecule has 9 rings (SSSR count). The minimum absolute atomic E-state index is 0.0708. The van der Waals surface area contributed by atoms with Crippen LogP contribution in [0.1, 0.15) is 22.3 Å². The largest absolute Gasteiger partial charge is 0.268 e. The van der Waals surface area contributed by atoms with E-state index in [9.17, 15) is 4.79 Å². The van der Waals surface area contributed by atoms with Crippen LogP contribution >= 0.6 is 0 Å². The number of aromatic nitrogens is 2. The lowest BCUT2D eigenvalue weighted by Crippen LogP contribution is -2.26. The van der Waals surface area contributed by atoms with Gasteiger partial charge in [-0.1, -0.05) is 127 Å². The maximum atomic E-state index is 14.5. The van der Waals surface area contributed by atoms with Crippen LogP contribution in [-0.2, 0) is 5.41 Å². The van der Waals surface area contributed by atoms with Crippen LogP contribution in [0.4, 0.5) is 0 Å². The van der Waals surface area contributed by atoms with Crippen molar-refractivity contribution in [1.29, 1.82) is 0 Å². The highest BCUT2D eigenvalue weighted by atomic mass is 16.1. The van der Waals surface area contributed by atoms with Crippen LogP contribution in [0, 0.1) is 0 Å². The van der Waals surface area contributed by atoms with Gasteiger partial charge in [0.15, 0.2) is 0 Å². The summed E-state index contributed by atoms with van der Waals surface area (Å²) < 4.78 is 1.83. The molecule has 3 nitrogen and oxygen atoms in total. The molecule has 7 aromatic rings. The second-order valence-electron chi connectivity index (χ2n) is 11.0. The van der Waals surface area contributed by atoms with Gasteiger partial charge in [-0.25, -0.2) is 4.98 Å². The molecule has 6 aromatic carbocycles. The predicted octanol–water partition coefficient (Wildman–Crippen LogP) is 8.40. The summed E-state index contributed by atoms with van der Waals surface area (Å²) in [5.41, 5.74) is 11.6. The summed E-state index contributed by atoms with van der Waals surface area (Å²) in [6.45, 7) is 0. The Hall–Kier alpha value is -5.54. The van der Waals surface area contributed by atoms with Crippen molar-refractivity contribution in [2.75, 3.05) is 0 Å². The van der Waals surface area contributed by atoms with Crippen molar-refractivity contribution in [3.8, 4) is 39.3 Å². The summed E-state index contributed by atoms with van der Waals surface area (Å²) in [5.74, 6) is 0.637. The minimum Gasteiger partial charge on any atom is -0.268 e. The van der Waals surface area contributed by atoms with Crippen molar-refractivity contribution in [3.63, 3.8) is 0 Å². The summed E-state index contributed by atoms with van der Waals surface area (Å²) in [4.78, 5) is 19.6. The average molecular weight is 537 g/mol. The lowest BCUT2D eigenvalue weighted by molar-refractivity contribution is 0.792. The van der Waals surface area contributed by atoms with Crippen molar-refractivity contribution in [3.05, 3.63) is 178 Å². The van der Waals surface area contributed by atoms with E-state index in [1.165, 1.54) is 33.4 Å². The number of benzene rings is 6. The third-order valence-electron chi connectivity index (χ3n) is 9.05. The van der Waals surface area contributed by atoms with Gasteiger partial charge in [0.1, 0.15) is 5.82 Å². The second kappa shape index (κ2) is 8.48. The third kappa shape index (κ3) is 2.84. The fourth-order valence-corrected chi connectivity index (χ4v) is 7.45. The molecule has 0 fully saturated rings. The Morgan fingerprint density at radius 1 is 0.500 bits per heavy atom. The van der Waals surface area contributed by atoms with Crippen molar-refractivity contribution >= 4 is 10.9 Å². The zero-order valence-electron chi connectivity index (χ0n) is 22.7. The molecule has 2 aliphatic rings. The van der Waals surface area contributed by atoms with Crippen molar-refractivity contribution < 1.29 is 0 Å². The smallest absolute Gasteiger partial charge is 0.266 e. The van der Waals surface area contributed by atoms with Crippen LogP contribution in [-0.4, -0.2) is 9.55 Å². The molecule has 0 radical (unpaired) electrons. The van der Waals surface area contributed by atoms with Crippen LogP contribution < -0.4 is 5.56 Å². The first-order chi connectivity index (χ1) is 20.8. The highest BCUT2D eigenvalue weighted by molar-refractivity contribution is 5.97. The standard InChI is InChI=1S/C39H24N2O/c42-38-29-18-7-11-23-34(29)40-37(25-13-2-1-3-14-25)41(38)35-24-12-22-33-36(35)28-17-6-10-21-32(28)39(33)30-19-8-4-15-26(30)27-16-5-9-20-31(27)39/h1-24H. The number of hydrogen-bond donors (Lipinski definition) is 0. The van der Waals surface area contributed by atoms with Gasteiger partial charge in [0.25, 0.3) is 5.56 Å². The first-order valence-electron chi connectivity index (χ1n) is 14.3. The average Bonchev–Trinajstić information content (AvgIpc) is 3.53. The van der Waals surface area contributed by atoms with E-state index in [1.54, 1.807) is 0 Å². The predicted molar refractivity (Wildman–Crippen MR) is 169 cm³/mol. The molecule has 0 aliphatic heterocycles. The normalized spacial score (nSPS) is 13.5. The van der Waals surface area contributed by atoms with E-state index >= 15 is 0 Å². The van der Waals surface area contributed by atoms with Gasteiger partial charge in [-0.05, 0) is 57.1 Å². The molecule has 0 N–H and O–H groups in total. The summed E-state index contributed by atoms with van der Waals surface area (Å²) in [7, 11) is 0. The maximum absolute atomic E-state index is 14.5. The van der Waals surface area contributed by atoms with Gasteiger partial charge < -0.3 is 0 Å². The van der Waals surface area contributed by atoms with E-state index in [0.29, 0.717) is 16.7 Å². The Morgan fingerprint density at radius 3 is 1.76 bits per heavy atom. The minimum atomic E-state index is -0.476. The van der Waals surface area contributed by atoms with Gasteiger partial charge in [-0.2, -0.15) is 0 Å². The molecule has 0 bridgehead atoms. The maximum Gasteiger partial charge on any atom is 0.266 e. The molecule has 0 unspecified atom stereocenters. The van der Waals surface area contributed by atoms with Gasteiger partial charge in [-0.15, -0.1) is 0 Å². The van der Waals surface area contributed by atoms with Crippen LogP contribution in [0.25, 0.3) is 50.2 Å². The summed E-state index contributed by atoms with van der Waals surface area (Å²) in [6, 6.07) is 50.3. The van der Waals surface area contributed by atoms with E-state index in [4.69, 9.17) is 4.98 Å². The number of rotatable bonds is 2. The lowest BCUT2D eigenvalue weighted by atomic mass is 9.70. The second-order valence-corrected chi connectivity index (χ2v) is 11.0. The van der Waals surface area contributed by atoms with E-state index in [0.717, 1.165) is 22.4 Å². The topological polar surface area (TPSA) is 34.9 Å². The Bertz CT molecular complexity index is 2230. The zero-order valence-corrected chi connectivity index (χ0v) is 22.7. The van der Waals surface area contributed by atoms with Crippen molar-refractivity contribution in [2.24, 2.45) is 0 Å². The van der Waals surface area contributed by atoms with Gasteiger partial charge in [-0.3, -0.25) is 9.36 Å². The fraction of sp³-hybridized carbons (Fsp3) is 0.0256.